The van der Waals surface area contributed by atoms with E-state index < -0.39 is 17.9 Å². The van der Waals surface area contributed by atoms with Gasteiger partial charge in [-0.25, -0.2) is 4.98 Å². The Hall–Kier alpha value is -0.730. The van der Waals surface area contributed by atoms with Gasteiger partial charge >= 0.3 is 6.18 Å². The third-order valence-corrected chi connectivity index (χ3v) is 2.43. The van der Waals surface area contributed by atoms with Crippen LogP contribution in [-0.2, 0) is 6.18 Å². The summed E-state index contributed by atoms with van der Waals surface area (Å²) in [4.78, 5) is 3.27. The summed E-state index contributed by atoms with van der Waals surface area (Å²) in [6.45, 7) is -0.286. The Balaban J connectivity index is 2.87. The first-order valence-corrected chi connectivity index (χ1v) is 4.48. The maximum atomic E-state index is 12.1. The van der Waals surface area contributed by atoms with Gasteiger partial charge in [-0.05, 0) is 11.5 Å². The molecule has 0 aliphatic carbocycles. The van der Waals surface area contributed by atoms with Crippen molar-refractivity contribution in [1.82, 2.24) is 9.36 Å². The highest BCUT2D eigenvalue weighted by Crippen LogP contribution is 2.29. The van der Waals surface area contributed by atoms with Crippen LogP contribution in [0.5, 0.6) is 0 Å². The van der Waals surface area contributed by atoms with E-state index in [0.717, 1.165) is 0 Å². The number of hydrogen-bond acceptors (Lipinski definition) is 5. The standard InChI is InChI=1S/C6H8F3N3OS/c7-6(8,9)5-11-4(14-12-5)3(1-10)2-13/h3,13H,1-2,10H2. The molecule has 0 aliphatic heterocycles. The molecule has 3 N–H and O–H groups in total. The highest BCUT2D eigenvalue weighted by atomic mass is 32.1. The molecule has 0 bridgehead atoms. The highest BCUT2D eigenvalue weighted by molar-refractivity contribution is 7.05. The summed E-state index contributed by atoms with van der Waals surface area (Å²) in [6, 6.07) is 0. The molecule has 0 spiro atoms. The monoisotopic (exact) mass is 227 g/mol. The fraction of sp³-hybridized carbons (Fsp3) is 0.667. The summed E-state index contributed by atoms with van der Waals surface area (Å²) in [6.07, 6.45) is -4.54. The summed E-state index contributed by atoms with van der Waals surface area (Å²) < 4.78 is 39.3. The summed E-state index contributed by atoms with van der Waals surface area (Å²) in [5.74, 6) is -1.74. The second kappa shape index (κ2) is 4.20. The van der Waals surface area contributed by atoms with Gasteiger partial charge in [-0.1, -0.05) is 0 Å². The lowest BCUT2D eigenvalue weighted by molar-refractivity contribution is -0.144. The van der Waals surface area contributed by atoms with E-state index in [1.807, 2.05) is 0 Å². The average Bonchev–Trinajstić information content (AvgIpc) is 2.54. The van der Waals surface area contributed by atoms with Crippen molar-refractivity contribution in [2.24, 2.45) is 5.73 Å². The number of aromatic nitrogens is 2. The molecular formula is C6H8F3N3OS. The maximum Gasteiger partial charge on any atom is 0.452 e. The van der Waals surface area contributed by atoms with Gasteiger partial charge in [0.05, 0.1) is 6.61 Å². The largest absolute Gasteiger partial charge is 0.452 e. The number of rotatable bonds is 3. The molecule has 1 aromatic rings. The summed E-state index contributed by atoms with van der Waals surface area (Å²) in [5, 5.41) is 8.88. The number of hydrogen-bond donors (Lipinski definition) is 2. The molecule has 14 heavy (non-hydrogen) atoms. The van der Waals surface area contributed by atoms with E-state index >= 15 is 0 Å². The van der Waals surface area contributed by atoms with Gasteiger partial charge in [0.2, 0.25) is 5.82 Å². The normalized spacial score (nSPS) is 14.4. The Morgan fingerprint density at radius 3 is 2.50 bits per heavy atom. The molecule has 4 nitrogen and oxygen atoms in total. The zero-order valence-electron chi connectivity index (χ0n) is 6.95. The number of nitrogens with two attached hydrogens (primary N) is 1. The van der Waals surface area contributed by atoms with Crippen molar-refractivity contribution < 1.29 is 18.3 Å². The van der Waals surface area contributed by atoms with Crippen LogP contribution >= 0.6 is 11.5 Å². The predicted octanol–water partition coefficient (Wildman–Crippen LogP) is 0.592. The van der Waals surface area contributed by atoms with Gasteiger partial charge in [0.15, 0.2) is 0 Å². The van der Waals surface area contributed by atoms with Crippen molar-refractivity contribution >= 4 is 11.5 Å². The number of aliphatic hydroxyl groups is 1. The van der Waals surface area contributed by atoms with Crippen LogP contribution in [0.3, 0.4) is 0 Å². The number of aliphatic hydroxyl groups excluding tert-OH is 1. The van der Waals surface area contributed by atoms with E-state index in [2.05, 4.69) is 9.36 Å². The molecule has 0 aromatic carbocycles. The second-order valence-corrected chi connectivity index (χ2v) is 3.35. The Kier molecular flexibility index (Phi) is 3.40. The van der Waals surface area contributed by atoms with E-state index in [1.165, 1.54) is 0 Å². The quantitative estimate of drug-likeness (QED) is 0.792. The minimum Gasteiger partial charge on any atom is -0.396 e. The van der Waals surface area contributed by atoms with Crippen LogP contribution < -0.4 is 5.73 Å². The fourth-order valence-electron chi connectivity index (χ4n) is 0.770. The lowest BCUT2D eigenvalue weighted by Crippen LogP contribution is -2.16. The summed E-state index contributed by atoms with van der Waals surface area (Å²) in [7, 11) is 0. The molecule has 1 heterocycles. The van der Waals surface area contributed by atoms with E-state index in [9.17, 15) is 13.2 Å². The minimum absolute atomic E-state index is 0.0446. The summed E-state index contributed by atoms with van der Waals surface area (Å²) in [5.41, 5.74) is 5.23. The van der Waals surface area contributed by atoms with Gasteiger partial charge in [-0.15, -0.1) is 0 Å². The smallest absolute Gasteiger partial charge is 0.396 e. The van der Waals surface area contributed by atoms with Crippen molar-refractivity contribution in [2.75, 3.05) is 13.2 Å². The molecule has 1 unspecified atom stereocenters. The van der Waals surface area contributed by atoms with Crippen molar-refractivity contribution in [3.8, 4) is 0 Å². The van der Waals surface area contributed by atoms with Crippen LogP contribution in [0, 0.1) is 0 Å². The SMILES string of the molecule is NCC(CO)c1nc(C(F)(F)F)ns1. The van der Waals surface area contributed by atoms with Crippen molar-refractivity contribution in [3.63, 3.8) is 0 Å². The number of nitrogens with zero attached hydrogens (tertiary/aromatic N) is 2. The van der Waals surface area contributed by atoms with Gasteiger partial charge in [0, 0.05) is 12.5 Å². The lowest BCUT2D eigenvalue weighted by Gasteiger charge is -2.05. The first kappa shape index (κ1) is 11.3. The molecule has 0 saturated carbocycles. The van der Waals surface area contributed by atoms with Crippen LogP contribution in [0.1, 0.15) is 16.7 Å². The molecule has 0 amide bonds. The molecule has 0 aliphatic rings. The molecule has 1 atom stereocenters. The van der Waals surface area contributed by atoms with Crippen LogP contribution in [0.4, 0.5) is 13.2 Å². The molecule has 80 valence electrons. The Labute approximate surface area is 81.7 Å². The van der Waals surface area contributed by atoms with Gasteiger partial charge in [-0.2, -0.15) is 17.5 Å². The highest BCUT2D eigenvalue weighted by Gasteiger charge is 2.36. The molecular weight excluding hydrogens is 219 g/mol. The Bertz CT molecular complexity index is 297. The van der Waals surface area contributed by atoms with E-state index in [0.29, 0.717) is 11.5 Å². The summed E-state index contributed by atoms with van der Waals surface area (Å²) >= 11 is 0.613. The molecule has 0 radical (unpaired) electrons. The van der Waals surface area contributed by atoms with Crippen LogP contribution in [0.15, 0.2) is 0 Å². The first-order valence-electron chi connectivity index (χ1n) is 3.70. The molecule has 0 fully saturated rings. The van der Waals surface area contributed by atoms with E-state index in [1.54, 1.807) is 0 Å². The van der Waals surface area contributed by atoms with Crippen LogP contribution in [0.25, 0.3) is 0 Å². The Morgan fingerprint density at radius 2 is 2.14 bits per heavy atom. The fourth-order valence-corrected chi connectivity index (χ4v) is 1.54. The third-order valence-electron chi connectivity index (χ3n) is 1.55. The van der Waals surface area contributed by atoms with Crippen LogP contribution in [-0.4, -0.2) is 27.6 Å². The third kappa shape index (κ3) is 2.40. The minimum atomic E-state index is -4.54. The zero-order chi connectivity index (χ0) is 10.8. The van der Waals surface area contributed by atoms with Crippen molar-refractivity contribution in [2.45, 2.75) is 12.1 Å². The van der Waals surface area contributed by atoms with E-state index in [-0.39, 0.29) is 18.2 Å². The molecule has 1 aromatic heterocycles. The maximum absolute atomic E-state index is 12.1. The van der Waals surface area contributed by atoms with E-state index in [4.69, 9.17) is 10.8 Å². The Morgan fingerprint density at radius 1 is 1.50 bits per heavy atom. The zero-order valence-corrected chi connectivity index (χ0v) is 7.77. The topological polar surface area (TPSA) is 72.0 Å². The molecule has 1 rings (SSSR count). The first-order chi connectivity index (χ1) is 6.49. The van der Waals surface area contributed by atoms with Gasteiger partial charge < -0.3 is 10.8 Å². The predicted molar refractivity (Wildman–Crippen MR) is 43.8 cm³/mol. The van der Waals surface area contributed by atoms with Crippen molar-refractivity contribution in [3.05, 3.63) is 10.8 Å². The molecule has 0 saturated heterocycles. The number of alkyl halides is 3. The second-order valence-electron chi connectivity index (χ2n) is 2.57. The van der Waals surface area contributed by atoms with Gasteiger partial charge in [-0.3, -0.25) is 0 Å². The van der Waals surface area contributed by atoms with Crippen LogP contribution in [0.2, 0.25) is 0 Å². The number of halogens is 3. The van der Waals surface area contributed by atoms with Gasteiger partial charge in [0.25, 0.3) is 0 Å². The van der Waals surface area contributed by atoms with Crippen molar-refractivity contribution in [1.29, 1.82) is 0 Å². The van der Waals surface area contributed by atoms with Gasteiger partial charge in [0.1, 0.15) is 5.01 Å². The average molecular weight is 227 g/mol. The lowest BCUT2D eigenvalue weighted by atomic mass is 10.2. The molecule has 8 heteroatoms.